The molecule has 2 aliphatic heterocycles. The van der Waals surface area contributed by atoms with Crippen LogP contribution in [-0.2, 0) is 0 Å². The molecule has 4 rings (SSSR count). The number of likely N-dealkylation sites (tertiary alicyclic amines) is 1. The van der Waals surface area contributed by atoms with Gasteiger partial charge in [-0.05, 0) is 56.6 Å². The van der Waals surface area contributed by atoms with E-state index in [0.29, 0.717) is 18.7 Å². The van der Waals surface area contributed by atoms with E-state index in [-0.39, 0.29) is 18.0 Å². The third kappa shape index (κ3) is 4.90. The molecule has 2 heterocycles. The number of carbonyl (C=O) groups is 2. The van der Waals surface area contributed by atoms with Gasteiger partial charge in [-0.2, -0.15) is 0 Å². The Hall–Kier alpha value is -2.86. The normalized spacial score (nSPS) is 18.7. The number of piperidine rings is 1. The molecule has 6 nitrogen and oxygen atoms in total. The van der Waals surface area contributed by atoms with Crippen LogP contribution in [0.25, 0.3) is 0 Å². The van der Waals surface area contributed by atoms with Gasteiger partial charge in [0.2, 0.25) is 0 Å². The first kappa shape index (κ1) is 21.4. The van der Waals surface area contributed by atoms with Crippen LogP contribution in [0.5, 0.6) is 0 Å². The molecule has 1 saturated heterocycles. The standard InChI is InChI=1S/C25H32N4O2/c1-2-14-29-23(21-11-4-5-12-22(21)25(29)31)27-20-10-8-9-19(18-20)24(30)26-13-17-28-15-6-3-7-16-28/h4-5,8-12,18,23,27H,2-3,6-7,13-17H2,1H3,(H,26,30). The molecular formula is C25H32N4O2. The molecule has 2 aromatic carbocycles. The second-order valence-corrected chi connectivity index (χ2v) is 8.37. The van der Waals surface area contributed by atoms with Crippen LogP contribution in [0.15, 0.2) is 48.5 Å². The summed E-state index contributed by atoms with van der Waals surface area (Å²) in [6, 6.07) is 15.3. The van der Waals surface area contributed by atoms with E-state index in [1.54, 1.807) is 0 Å². The SMILES string of the molecule is CCCN1C(=O)c2ccccc2C1Nc1cccc(C(=O)NCCN2CCCCC2)c1. The molecule has 0 bridgehead atoms. The maximum Gasteiger partial charge on any atom is 0.256 e. The third-order valence-corrected chi connectivity index (χ3v) is 6.11. The summed E-state index contributed by atoms with van der Waals surface area (Å²) < 4.78 is 0. The Bertz CT molecular complexity index is 923. The summed E-state index contributed by atoms with van der Waals surface area (Å²) in [4.78, 5) is 29.8. The van der Waals surface area contributed by atoms with Gasteiger partial charge < -0.3 is 20.4 Å². The maximum atomic E-state index is 12.8. The molecule has 2 amide bonds. The second-order valence-electron chi connectivity index (χ2n) is 8.37. The summed E-state index contributed by atoms with van der Waals surface area (Å²) in [5.74, 6) is -0.00414. The van der Waals surface area contributed by atoms with Crippen molar-refractivity contribution in [1.82, 2.24) is 15.1 Å². The van der Waals surface area contributed by atoms with Crippen molar-refractivity contribution in [3.63, 3.8) is 0 Å². The number of anilines is 1. The van der Waals surface area contributed by atoms with Crippen molar-refractivity contribution in [1.29, 1.82) is 0 Å². The van der Waals surface area contributed by atoms with E-state index in [0.717, 1.165) is 42.9 Å². The van der Waals surface area contributed by atoms with Gasteiger partial charge in [0.05, 0.1) is 0 Å². The van der Waals surface area contributed by atoms with Gasteiger partial charge in [0.1, 0.15) is 6.17 Å². The molecule has 31 heavy (non-hydrogen) atoms. The van der Waals surface area contributed by atoms with Crippen LogP contribution >= 0.6 is 0 Å². The van der Waals surface area contributed by atoms with E-state index in [1.807, 2.05) is 53.4 Å². The van der Waals surface area contributed by atoms with Crippen molar-refractivity contribution in [3.05, 3.63) is 65.2 Å². The lowest BCUT2D eigenvalue weighted by Crippen LogP contribution is -2.37. The lowest BCUT2D eigenvalue weighted by Gasteiger charge is -2.27. The number of rotatable bonds is 8. The summed E-state index contributed by atoms with van der Waals surface area (Å²) in [7, 11) is 0. The highest BCUT2D eigenvalue weighted by molar-refractivity contribution is 5.99. The zero-order valence-corrected chi connectivity index (χ0v) is 18.3. The van der Waals surface area contributed by atoms with Crippen LogP contribution in [0.2, 0.25) is 0 Å². The monoisotopic (exact) mass is 420 g/mol. The molecule has 0 spiro atoms. The average Bonchev–Trinajstić information content (AvgIpc) is 3.06. The fourth-order valence-electron chi connectivity index (χ4n) is 4.52. The number of benzene rings is 2. The molecule has 0 saturated carbocycles. The first-order chi connectivity index (χ1) is 15.2. The van der Waals surface area contributed by atoms with Gasteiger partial charge in [-0.15, -0.1) is 0 Å². The van der Waals surface area contributed by atoms with Crippen molar-refractivity contribution in [2.45, 2.75) is 38.8 Å². The van der Waals surface area contributed by atoms with Gasteiger partial charge in [0, 0.05) is 42.0 Å². The number of hydrogen-bond acceptors (Lipinski definition) is 4. The average molecular weight is 421 g/mol. The van der Waals surface area contributed by atoms with E-state index in [4.69, 9.17) is 0 Å². The first-order valence-corrected chi connectivity index (χ1v) is 11.4. The van der Waals surface area contributed by atoms with Crippen LogP contribution in [0.1, 0.15) is 65.1 Å². The van der Waals surface area contributed by atoms with Crippen molar-refractivity contribution in [2.75, 3.05) is 38.0 Å². The predicted molar refractivity (Wildman–Crippen MR) is 123 cm³/mol. The number of nitrogens with one attached hydrogen (secondary N) is 2. The van der Waals surface area contributed by atoms with E-state index >= 15 is 0 Å². The summed E-state index contributed by atoms with van der Waals surface area (Å²) in [6.45, 7) is 6.57. The molecule has 1 atom stereocenters. The van der Waals surface area contributed by atoms with Crippen molar-refractivity contribution >= 4 is 17.5 Å². The summed E-state index contributed by atoms with van der Waals surface area (Å²) in [5, 5.41) is 6.53. The molecule has 2 aliphatic rings. The number of nitrogens with zero attached hydrogens (tertiary/aromatic N) is 2. The van der Waals surface area contributed by atoms with Crippen molar-refractivity contribution in [2.24, 2.45) is 0 Å². The van der Waals surface area contributed by atoms with Crippen LogP contribution in [0.4, 0.5) is 5.69 Å². The Kier molecular flexibility index (Phi) is 6.87. The molecule has 0 aromatic heterocycles. The Labute approximate surface area is 184 Å². The van der Waals surface area contributed by atoms with E-state index in [9.17, 15) is 9.59 Å². The largest absolute Gasteiger partial charge is 0.361 e. The number of hydrogen-bond donors (Lipinski definition) is 2. The minimum atomic E-state index is -0.221. The number of amides is 2. The zero-order chi connectivity index (χ0) is 21.6. The van der Waals surface area contributed by atoms with Crippen molar-refractivity contribution < 1.29 is 9.59 Å². The van der Waals surface area contributed by atoms with E-state index < -0.39 is 0 Å². The van der Waals surface area contributed by atoms with Crippen LogP contribution in [-0.4, -0.2) is 54.3 Å². The third-order valence-electron chi connectivity index (χ3n) is 6.11. The smallest absolute Gasteiger partial charge is 0.256 e. The Morgan fingerprint density at radius 2 is 1.84 bits per heavy atom. The van der Waals surface area contributed by atoms with Gasteiger partial charge in [-0.3, -0.25) is 9.59 Å². The van der Waals surface area contributed by atoms with Gasteiger partial charge in [-0.25, -0.2) is 0 Å². The quantitative estimate of drug-likeness (QED) is 0.680. The second kappa shape index (κ2) is 9.96. The van der Waals surface area contributed by atoms with Gasteiger partial charge >= 0.3 is 0 Å². The molecule has 0 aliphatic carbocycles. The van der Waals surface area contributed by atoms with Gasteiger partial charge in [-0.1, -0.05) is 37.6 Å². The molecular weight excluding hydrogens is 388 g/mol. The minimum Gasteiger partial charge on any atom is -0.361 e. The highest BCUT2D eigenvalue weighted by Gasteiger charge is 2.35. The Balaban J connectivity index is 1.41. The van der Waals surface area contributed by atoms with E-state index in [2.05, 4.69) is 22.5 Å². The predicted octanol–water partition coefficient (Wildman–Crippen LogP) is 3.88. The lowest BCUT2D eigenvalue weighted by molar-refractivity contribution is 0.0742. The molecule has 164 valence electrons. The molecule has 6 heteroatoms. The van der Waals surface area contributed by atoms with Gasteiger partial charge in [0.25, 0.3) is 11.8 Å². The maximum absolute atomic E-state index is 12.8. The topological polar surface area (TPSA) is 64.7 Å². The fraction of sp³-hybridized carbons (Fsp3) is 0.440. The zero-order valence-electron chi connectivity index (χ0n) is 18.3. The highest BCUT2D eigenvalue weighted by atomic mass is 16.2. The summed E-state index contributed by atoms with van der Waals surface area (Å²) in [5.41, 5.74) is 3.19. The molecule has 0 radical (unpaired) electrons. The van der Waals surface area contributed by atoms with Crippen LogP contribution < -0.4 is 10.6 Å². The number of fused-ring (bicyclic) bond motifs is 1. The number of carbonyl (C=O) groups excluding carboxylic acids is 2. The van der Waals surface area contributed by atoms with Crippen LogP contribution in [0, 0.1) is 0 Å². The molecule has 1 fully saturated rings. The lowest BCUT2D eigenvalue weighted by atomic mass is 10.1. The Morgan fingerprint density at radius 3 is 2.65 bits per heavy atom. The highest BCUT2D eigenvalue weighted by Crippen LogP contribution is 2.34. The fourth-order valence-corrected chi connectivity index (χ4v) is 4.52. The molecule has 2 aromatic rings. The Morgan fingerprint density at radius 1 is 1.03 bits per heavy atom. The first-order valence-electron chi connectivity index (χ1n) is 11.4. The van der Waals surface area contributed by atoms with Crippen molar-refractivity contribution in [3.8, 4) is 0 Å². The van der Waals surface area contributed by atoms with E-state index in [1.165, 1.54) is 19.3 Å². The minimum absolute atomic E-state index is 0.0570. The summed E-state index contributed by atoms with van der Waals surface area (Å²) >= 11 is 0. The van der Waals surface area contributed by atoms with Crippen LogP contribution in [0.3, 0.4) is 0 Å². The molecule has 2 N–H and O–H groups in total. The summed E-state index contributed by atoms with van der Waals surface area (Å²) in [6.07, 6.45) is 4.49. The van der Waals surface area contributed by atoms with Gasteiger partial charge in [0.15, 0.2) is 0 Å². The molecule has 1 unspecified atom stereocenters.